The molecule has 210 valence electrons. The number of amides is 3. The molecular weight excluding hydrogens is 488 g/mol. The summed E-state index contributed by atoms with van der Waals surface area (Å²) in [6, 6.07) is 5.23. The number of aryl methyl sites for hydroxylation is 2. The SMILES string of the molecule is CCOC(=O)CCNC(=O)C(c1ccc(C)cc1C)N(CC#N)C(=O)C(NC(=O)OC(C)(C)C)C(C)CC. The van der Waals surface area contributed by atoms with Crippen molar-refractivity contribution in [3.05, 3.63) is 34.9 Å². The zero-order valence-corrected chi connectivity index (χ0v) is 23.8. The van der Waals surface area contributed by atoms with Gasteiger partial charge in [0.15, 0.2) is 0 Å². The third-order valence-electron chi connectivity index (χ3n) is 5.89. The minimum absolute atomic E-state index is 0.00138. The highest BCUT2D eigenvalue weighted by molar-refractivity contribution is 5.92. The Morgan fingerprint density at radius 3 is 2.32 bits per heavy atom. The van der Waals surface area contributed by atoms with Crippen LogP contribution < -0.4 is 10.6 Å². The average molecular weight is 531 g/mol. The van der Waals surface area contributed by atoms with Gasteiger partial charge in [-0.2, -0.15) is 5.26 Å². The normalized spacial score (nSPS) is 13.3. The van der Waals surface area contributed by atoms with Crippen molar-refractivity contribution in [1.29, 1.82) is 5.26 Å². The summed E-state index contributed by atoms with van der Waals surface area (Å²) in [5.41, 5.74) is 1.48. The Bertz CT molecular complexity index is 1030. The Morgan fingerprint density at radius 1 is 1.13 bits per heavy atom. The van der Waals surface area contributed by atoms with E-state index >= 15 is 0 Å². The highest BCUT2D eigenvalue weighted by atomic mass is 16.6. The third-order valence-corrected chi connectivity index (χ3v) is 5.89. The van der Waals surface area contributed by atoms with E-state index in [0.29, 0.717) is 12.0 Å². The molecule has 0 saturated heterocycles. The number of ether oxygens (including phenoxy) is 2. The van der Waals surface area contributed by atoms with E-state index in [2.05, 4.69) is 10.6 Å². The lowest BCUT2D eigenvalue weighted by Crippen LogP contribution is -2.55. The molecule has 3 atom stereocenters. The van der Waals surface area contributed by atoms with Crippen molar-refractivity contribution in [3.63, 3.8) is 0 Å². The lowest BCUT2D eigenvalue weighted by molar-refractivity contribution is -0.144. The lowest BCUT2D eigenvalue weighted by atomic mass is 9.94. The summed E-state index contributed by atoms with van der Waals surface area (Å²) >= 11 is 0. The first-order valence-corrected chi connectivity index (χ1v) is 12.9. The van der Waals surface area contributed by atoms with E-state index in [1.54, 1.807) is 40.7 Å². The number of hydrogen-bond acceptors (Lipinski definition) is 7. The number of alkyl carbamates (subject to hydrolysis) is 1. The van der Waals surface area contributed by atoms with E-state index in [-0.39, 0.29) is 25.5 Å². The first-order valence-electron chi connectivity index (χ1n) is 12.9. The Labute approximate surface area is 226 Å². The summed E-state index contributed by atoms with van der Waals surface area (Å²) in [6.07, 6.45) is -0.261. The molecule has 0 aliphatic rings. The van der Waals surface area contributed by atoms with Crippen molar-refractivity contribution in [2.24, 2.45) is 5.92 Å². The van der Waals surface area contributed by atoms with Gasteiger partial charge >= 0.3 is 12.1 Å². The molecule has 0 aromatic heterocycles. The van der Waals surface area contributed by atoms with Crippen LogP contribution in [0.5, 0.6) is 0 Å². The van der Waals surface area contributed by atoms with E-state index < -0.39 is 48.1 Å². The molecule has 0 bridgehead atoms. The first-order chi connectivity index (χ1) is 17.7. The molecule has 3 amide bonds. The van der Waals surface area contributed by atoms with Crippen molar-refractivity contribution in [1.82, 2.24) is 15.5 Å². The van der Waals surface area contributed by atoms with Crippen LogP contribution in [-0.2, 0) is 23.9 Å². The van der Waals surface area contributed by atoms with Crippen LogP contribution >= 0.6 is 0 Å². The summed E-state index contributed by atoms with van der Waals surface area (Å²) < 4.78 is 10.3. The molecule has 2 N–H and O–H groups in total. The van der Waals surface area contributed by atoms with Crippen LogP contribution in [0.25, 0.3) is 0 Å². The fourth-order valence-corrected chi connectivity index (χ4v) is 3.87. The van der Waals surface area contributed by atoms with E-state index in [1.807, 2.05) is 39.0 Å². The molecule has 1 aromatic carbocycles. The second-order valence-electron chi connectivity index (χ2n) is 10.2. The largest absolute Gasteiger partial charge is 0.466 e. The van der Waals surface area contributed by atoms with E-state index in [4.69, 9.17) is 9.47 Å². The number of esters is 1. The van der Waals surface area contributed by atoms with Gasteiger partial charge < -0.3 is 25.0 Å². The first kappa shape index (κ1) is 32.4. The molecule has 0 heterocycles. The van der Waals surface area contributed by atoms with Crippen molar-refractivity contribution in [2.75, 3.05) is 19.7 Å². The quantitative estimate of drug-likeness (QED) is 0.310. The summed E-state index contributed by atoms with van der Waals surface area (Å²) in [5, 5.41) is 15.0. The summed E-state index contributed by atoms with van der Waals surface area (Å²) in [6.45, 7) is 14.1. The predicted molar refractivity (Wildman–Crippen MR) is 143 cm³/mol. The number of nitriles is 1. The molecule has 0 aliphatic heterocycles. The highest BCUT2D eigenvalue weighted by Crippen LogP contribution is 2.27. The minimum atomic E-state index is -1.17. The van der Waals surface area contributed by atoms with Crippen LogP contribution in [0.4, 0.5) is 4.79 Å². The second kappa shape index (κ2) is 15.0. The van der Waals surface area contributed by atoms with Gasteiger partial charge in [-0.15, -0.1) is 0 Å². The fourth-order valence-electron chi connectivity index (χ4n) is 3.87. The second-order valence-corrected chi connectivity index (χ2v) is 10.2. The van der Waals surface area contributed by atoms with Gasteiger partial charge in [-0.1, -0.05) is 44.0 Å². The molecule has 3 unspecified atom stereocenters. The molecule has 10 nitrogen and oxygen atoms in total. The third kappa shape index (κ3) is 10.0. The number of hydrogen-bond donors (Lipinski definition) is 2. The maximum Gasteiger partial charge on any atom is 0.408 e. The molecule has 0 fully saturated rings. The number of nitrogens with zero attached hydrogens (tertiary/aromatic N) is 2. The van der Waals surface area contributed by atoms with Gasteiger partial charge in [0.1, 0.15) is 24.2 Å². The average Bonchev–Trinajstić information content (AvgIpc) is 2.81. The summed E-state index contributed by atoms with van der Waals surface area (Å²) in [7, 11) is 0. The van der Waals surface area contributed by atoms with E-state index in [9.17, 15) is 24.4 Å². The van der Waals surface area contributed by atoms with Gasteiger partial charge in [0.2, 0.25) is 11.8 Å². The molecule has 1 aromatic rings. The lowest BCUT2D eigenvalue weighted by Gasteiger charge is -2.35. The Hall–Kier alpha value is -3.61. The summed E-state index contributed by atoms with van der Waals surface area (Å²) in [5.74, 6) is -1.91. The smallest absolute Gasteiger partial charge is 0.408 e. The molecule has 0 saturated carbocycles. The van der Waals surface area contributed by atoms with Gasteiger partial charge in [0.05, 0.1) is 19.1 Å². The molecule has 10 heteroatoms. The van der Waals surface area contributed by atoms with Crippen molar-refractivity contribution < 1.29 is 28.7 Å². The van der Waals surface area contributed by atoms with Gasteiger partial charge in [-0.3, -0.25) is 14.4 Å². The Kier molecular flexibility index (Phi) is 12.8. The van der Waals surface area contributed by atoms with Crippen LogP contribution in [0, 0.1) is 31.1 Å². The predicted octanol–water partition coefficient (Wildman–Crippen LogP) is 3.71. The fraction of sp³-hybridized carbons (Fsp3) is 0.607. The maximum atomic E-state index is 13.9. The summed E-state index contributed by atoms with van der Waals surface area (Å²) in [4.78, 5) is 53.0. The van der Waals surface area contributed by atoms with Gasteiger partial charge in [-0.25, -0.2) is 4.79 Å². The molecule has 0 aliphatic carbocycles. The topological polar surface area (TPSA) is 138 Å². The van der Waals surface area contributed by atoms with Crippen molar-refractivity contribution in [2.45, 2.75) is 85.9 Å². The zero-order valence-electron chi connectivity index (χ0n) is 23.8. The molecule has 0 radical (unpaired) electrons. The Morgan fingerprint density at radius 2 is 1.79 bits per heavy atom. The monoisotopic (exact) mass is 530 g/mol. The van der Waals surface area contributed by atoms with Crippen molar-refractivity contribution >= 4 is 23.9 Å². The van der Waals surface area contributed by atoms with Crippen LogP contribution in [0.3, 0.4) is 0 Å². The standard InChI is InChI=1S/C28H42N4O6/c1-9-19(4)23(31-27(36)38-28(6,7)8)26(35)32(16-14-29)24(21-12-11-18(3)17-20(21)5)25(34)30-15-13-22(33)37-10-2/h11-12,17,19,23-24H,9-10,13,15-16H2,1-8H3,(H,30,34)(H,31,36). The molecular formula is C28H42N4O6. The van der Waals surface area contributed by atoms with Gasteiger partial charge in [-0.05, 0) is 58.6 Å². The van der Waals surface area contributed by atoms with E-state index in [0.717, 1.165) is 11.1 Å². The van der Waals surface area contributed by atoms with E-state index in [1.165, 1.54) is 4.90 Å². The minimum Gasteiger partial charge on any atom is -0.466 e. The van der Waals surface area contributed by atoms with Gasteiger partial charge in [0, 0.05) is 6.54 Å². The number of rotatable bonds is 12. The van der Waals surface area contributed by atoms with Crippen LogP contribution in [-0.4, -0.2) is 60.1 Å². The zero-order chi connectivity index (χ0) is 29.0. The number of carbonyl (C=O) groups excluding carboxylic acids is 4. The maximum absolute atomic E-state index is 13.9. The number of carbonyl (C=O) groups is 4. The Balaban J connectivity index is 3.46. The molecule has 0 spiro atoms. The van der Waals surface area contributed by atoms with Crippen LogP contribution in [0.15, 0.2) is 18.2 Å². The number of benzene rings is 1. The highest BCUT2D eigenvalue weighted by Gasteiger charge is 2.38. The number of nitrogens with one attached hydrogen (secondary N) is 2. The van der Waals surface area contributed by atoms with Crippen LogP contribution in [0.2, 0.25) is 0 Å². The van der Waals surface area contributed by atoms with Crippen LogP contribution in [0.1, 0.15) is 77.1 Å². The van der Waals surface area contributed by atoms with Gasteiger partial charge in [0.25, 0.3) is 0 Å². The molecule has 38 heavy (non-hydrogen) atoms. The molecule has 1 rings (SSSR count). The van der Waals surface area contributed by atoms with Crippen molar-refractivity contribution in [3.8, 4) is 6.07 Å².